The molecule has 8 nitrogen and oxygen atoms in total. The molecule has 0 atom stereocenters. The number of thiophene rings is 1. The Hall–Kier alpha value is -2.87. The van der Waals surface area contributed by atoms with Crippen LogP contribution < -0.4 is 5.14 Å². The molecule has 0 aliphatic carbocycles. The normalized spacial score (nSPS) is 12.3. The molecule has 0 saturated carbocycles. The Bertz CT molecular complexity index is 1370. The van der Waals surface area contributed by atoms with Crippen LogP contribution in [0.3, 0.4) is 0 Å². The van der Waals surface area contributed by atoms with Crippen molar-refractivity contribution in [2.45, 2.75) is 10.4 Å². The van der Waals surface area contributed by atoms with Crippen molar-refractivity contribution in [2.24, 2.45) is 5.14 Å². The third-order valence-corrected chi connectivity index (χ3v) is 6.62. The smallest absolute Gasteiger partial charge is 0.333 e. The zero-order chi connectivity index (χ0) is 22.4. The van der Waals surface area contributed by atoms with Crippen LogP contribution in [0.25, 0.3) is 33.7 Å². The van der Waals surface area contributed by atoms with E-state index in [0.29, 0.717) is 10.6 Å². The van der Waals surface area contributed by atoms with Crippen LogP contribution in [0, 0.1) is 0 Å². The van der Waals surface area contributed by atoms with E-state index in [1.165, 1.54) is 36.4 Å². The van der Waals surface area contributed by atoms with Gasteiger partial charge < -0.3 is 4.52 Å². The molecule has 0 spiro atoms. The van der Waals surface area contributed by atoms with Gasteiger partial charge in [0.15, 0.2) is 0 Å². The van der Waals surface area contributed by atoms with Gasteiger partial charge in [0.1, 0.15) is 9.90 Å². The molecule has 160 valence electrons. The van der Waals surface area contributed by atoms with Crippen molar-refractivity contribution in [1.29, 1.82) is 0 Å². The molecule has 31 heavy (non-hydrogen) atoms. The lowest BCUT2D eigenvalue weighted by molar-refractivity contribution is -0.141. The number of hydrogen-bond donors (Lipinski definition) is 1. The van der Waals surface area contributed by atoms with Gasteiger partial charge in [-0.2, -0.15) is 18.2 Å². The van der Waals surface area contributed by atoms with Crippen molar-refractivity contribution in [3.8, 4) is 33.7 Å². The minimum Gasteiger partial charge on any atom is -0.333 e. The summed E-state index contributed by atoms with van der Waals surface area (Å²) < 4.78 is 67.9. The molecule has 3 heterocycles. The molecule has 14 heteroatoms. The predicted octanol–water partition coefficient (Wildman–Crippen LogP) is 4.24. The fourth-order valence-corrected chi connectivity index (χ4v) is 4.24. The molecular weight excluding hydrogens is 479 g/mol. The van der Waals surface area contributed by atoms with E-state index in [4.69, 9.17) is 21.3 Å². The van der Waals surface area contributed by atoms with Gasteiger partial charge in [-0.3, -0.25) is 0 Å². The Kier molecular flexibility index (Phi) is 5.29. The molecule has 0 radical (unpaired) electrons. The topological polar surface area (TPSA) is 125 Å². The quantitative estimate of drug-likeness (QED) is 0.456. The van der Waals surface area contributed by atoms with Crippen molar-refractivity contribution in [2.75, 3.05) is 0 Å². The van der Waals surface area contributed by atoms with E-state index in [0.717, 1.165) is 17.4 Å². The standard InChI is InChI=1S/C17H9ClF3N5O3S2/c18-9-3-1-8(2-4-9)10-7-12(17(19,20)21)24-14(23-10)15-25-16(29-26-15)11-5-6-13(30-11)31(22,27)28/h1-7H,(H2,22,27,28). The average Bonchev–Trinajstić information content (AvgIpc) is 3.37. The van der Waals surface area contributed by atoms with Gasteiger partial charge >= 0.3 is 6.18 Å². The number of aromatic nitrogens is 4. The number of nitrogens with two attached hydrogens (primary N) is 1. The lowest BCUT2D eigenvalue weighted by Gasteiger charge is -2.09. The molecule has 0 aliphatic heterocycles. The zero-order valence-corrected chi connectivity index (χ0v) is 17.3. The van der Waals surface area contributed by atoms with E-state index in [-0.39, 0.29) is 26.5 Å². The fourth-order valence-electron chi connectivity index (χ4n) is 2.46. The molecule has 2 N–H and O–H groups in total. The highest BCUT2D eigenvalue weighted by molar-refractivity contribution is 7.91. The number of rotatable bonds is 4. The maximum Gasteiger partial charge on any atom is 0.433 e. The summed E-state index contributed by atoms with van der Waals surface area (Å²) in [5.41, 5.74) is -0.840. The molecule has 3 aromatic heterocycles. The number of halogens is 4. The monoisotopic (exact) mass is 487 g/mol. The SMILES string of the molecule is NS(=O)(=O)c1ccc(-c2nc(-c3nc(-c4ccc(Cl)cc4)cc(C(F)(F)F)n3)no2)s1. The van der Waals surface area contributed by atoms with Gasteiger partial charge in [0.05, 0.1) is 10.6 Å². The highest BCUT2D eigenvalue weighted by Crippen LogP contribution is 2.33. The van der Waals surface area contributed by atoms with Gasteiger partial charge in [-0.05, 0) is 30.3 Å². The van der Waals surface area contributed by atoms with Crippen LogP contribution in [0.4, 0.5) is 13.2 Å². The summed E-state index contributed by atoms with van der Waals surface area (Å²) in [6.45, 7) is 0. The van der Waals surface area contributed by atoms with E-state index in [2.05, 4.69) is 20.1 Å². The van der Waals surface area contributed by atoms with Crippen molar-refractivity contribution < 1.29 is 26.1 Å². The fraction of sp³-hybridized carbons (Fsp3) is 0.0588. The Morgan fingerprint density at radius 2 is 1.71 bits per heavy atom. The Labute approximate surface area is 181 Å². The largest absolute Gasteiger partial charge is 0.433 e. The minimum atomic E-state index is -4.75. The number of alkyl halides is 3. The molecule has 0 saturated heterocycles. The molecule has 0 aliphatic rings. The molecule has 4 aromatic rings. The average molecular weight is 488 g/mol. The molecular formula is C17H9ClF3N5O3S2. The van der Waals surface area contributed by atoms with Crippen molar-refractivity contribution in [1.82, 2.24) is 20.1 Å². The van der Waals surface area contributed by atoms with Crippen LogP contribution in [0.15, 0.2) is 51.2 Å². The predicted molar refractivity (Wildman–Crippen MR) is 105 cm³/mol. The number of nitrogens with zero attached hydrogens (tertiary/aromatic N) is 4. The molecule has 0 fully saturated rings. The van der Waals surface area contributed by atoms with Crippen LogP contribution >= 0.6 is 22.9 Å². The number of sulfonamides is 1. The Morgan fingerprint density at radius 1 is 1.00 bits per heavy atom. The van der Waals surface area contributed by atoms with Crippen LogP contribution in [-0.2, 0) is 16.2 Å². The van der Waals surface area contributed by atoms with E-state index in [1.807, 2.05) is 0 Å². The van der Waals surface area contributed by atoms with Crippen LogP contribution in [0.5, 0.6) is 0 Å². The number of primary sulfonamides is 1. The van der Waals surface area contributed by atoms with Crippen LogP contribution in [-0.4, -0.2) is 28.5 Å². The van der Waals surface area contributed by atoms with E-state index in [1.54, 1.807) is 0 Å². The molecule has 1 aromatic carbocycles. The summed E-state index contributed by atoms with van der Waals surface area (Å²) in [6, 6.07) is 9.47. The summed E-state index contributed by atoms with van der Waals surface area (Å²) in [4.78, 5) is 11.9. The van der Waals surface area contributed by atoms with Crippen molar-refractivity contribution in [3.63, 3.8) is 0 Å². The number of benzene rings is 1. The maximum atomic E-state index is 13.4. The van der Waals surface area contributed by atoms with Crippen molar-refractivity contribution >= 4 is 33.0 Å². The second-order valence-electron chi connectivity index (χ2n) is 6.05. The van der Waals surface area contributed by atoms with E-state index in [9.17, 15) is 21.6 Å². The molecule has 0 amide bonds. The summed E-state index contributed by atoms with van der Waals surface area (Å²) in [6.07, 6.45) is -4.75. The van der Waals surface area contributed by atoms with Crippen molar-refractivity contribution in [3.05, 3.63) is 53.2 Å². The van der Waals surface area contributed by atoms with E-state index < -0.39 is 27.7 Å². The van der Waals surface area contributed by atoms with Crippen LogP contribution in [0.1, 0.15) is 5.69 Å². The molecule has 4 rings (SSSR count). The summed E-state index contributed by atoms with van der Waals surface area (Å²) in [7, 11) is -3.93. The van der Waals surface area contributed by atoms with Gasteiger partial charge in [0.2, 0.25) is 21.7 Å². The van der Waals surface area contributed by atoms with Crippen LogP contribution in [0.2, 0.25) is 5.02 Å². The lowest BCUT2D eigenvalue weighted by Crippen LogP contribution is -2.10. The highest BCUT2D eigenvalue weighted by Gasteiger charge is 2.34. The van der Waals surface area contributed by atoms with Gasteiger partial charge in [0.25, 0.3) is 5.89 Å². The van der Waals surface area contributed by atoms with E-state index >= 15 is 0 Å². The van der Waals surface area contributed by atoms with Gasteiger partial charge in [-0.25, -0.2) is 23.5 Å². The third-order valence-electron chi connectivity index (χ3n) is 3.86. The Morgan fingerprint density at radius 3 is 2.32 bits per heavy atom. The minimum absolute atomic E-state index is 0.0204. The lowest BCUT2D eigenvalue weighted by atomic mass is 10.1. The first-order chi connectivity index (χ1) is 14.5. The summed E-state index contributed by atoms with van der Waals surface area (Å²) >= 11 is 6.60. The van der Waals surface area contributed by atoms with Gasteiger partial charge in [0, 0.05) is 10.6 Å². The molecule has 0 unspecified atom stereocenters. The second-order valence-corrected chi connectivity index (χ2v) is 9.36. The second kappa shape index (κ2) is 7.67. The Balaban J connectivity index is 1.78. The zero-order valence-electron chi connectivity index (χ0n) is 15.0. The summed E-state index contributed by atoms with van der Waals surface area (Å²) in [5, 5.41) is 9.11. The first-order valence-corrected chi connectivity index (χ1v) is 10.9. The third kappa shape index (κ3) is 4.58. The maximum absolute atomic E-state index is 13.4. The summed E-state index contributed by atoms with van der Waals surface area (Å²) in [5.74, 6) is -0.844. The first-order valence-electron chi connectivity index (χ1n) is 8.20. The van der Waals surface area contributed by atoms with Gasteiger partial charge in [-0.15, -0.1) is 11.3 Å². The molecule has 0 bridgehead atoms. The highest BCUT2D eigenvalue weighted by atomic mass is 35.5. The first kappa shape index (κ1) is 21.4. The number of hydrogen-bond acceptors (Lipinski definition) is 8. The van der Waals surface area contributed by atoms with Gasteiger partial charge in [-0.1, -0.05) is 28.9 Å².